The molecule has 1 aromatic carbocycles. The first-order chi connectivity index (χ1) is 8.55. The van der Waals surface area contributed by atoms with Gasteiger partial charge in [-0.1, -0.05) is 25.1 Å². The fourth-order valence-corrected chi connectivity index (χ4v) is 3.99. The third-order valence-corrected chi connectivity index (χ3v) is 5.55. The van der Waals surface area contributed by atoms with Crippen molar-refractivity contribution in [2.45, 2.75) is 31.2 Å². The summed E-state index contributed by atoms with van der Waals surface area (Å²) in [4.78, 5) is 0.363. The van der Waals surface area contributed by atoms with Gasteiger partial charge in [0.05, 0.1) is 4.90 Å². The number of nitrogens with two attached hydrogens (primary N) is 1. The molecule has 18 heavy (non-hydrogen) atoms. The Kier molecular flexibility index (Phi) is 4.04. The highest BCUT2D eigenvalue weighted by Gasteiger charge is 2.29. The van der Waals surface area contributed by atoms with Crippen LogP contribution in [0.25, 0.3) is 0 Å². The van der Waals surface area contributed by atoms with Gasteiger partial charge in [0.25, 0.3) is 0 Å². The van der Waals surface area contributed by atoms with Gasteiger partial charge in [-0.05, 0) is 30.4 Å². The molecular weight excluding hydrogens is 248 g/mol. The Hall–Kier alpha value is -0.910. The predicted octanol–water partition coefficient (Wildman–Crippen LogP) is 1.57. The molecule has 2 rings (SSSR count). The zero-order chi connectivity index (χ0) is 13.2. The number of sulfonamides is 1. The molecule has 2 N–H and O–H groups in total. The molecule has 0 bridgehead atoms. The molecule has 5 heteroatoms. The van der Waals surface area contributed by atoms with E-state index in [-0.39, 0.29) is 6.54 Å². The van der Waals surface area contributed by atoms with Crippen LogP contribution in [0.1, 0.15) is 25.3 Å². The lowest BCUT2D eigenvalue weighted by Gasteiger charge is -2.30. The van der Waals surface area contributed by atoms with Crippen molar-refractivity contribution >= 4 is 10.0 Å². The van der Waals surface area contributed by atoms with Crippen LogP contribution in [-0.4, -0.2) is 25.8 Å². The second-order valence-electron chi connectivity index (χ2n) is 4.90. The lowest BCUT2D eigenvalue weighted by molar-refractivity contribution is 0.288. The van der Waals surface area contributed by atoms with E-state index >= 15 is 0 Å². The van der Waals surface area contributed by atoms with Crippen molar-refractivity contribution in [3.8, 4) is 0 Å². The molecule has 0 aromatic heterocycles. The van der Waals surface area contributed by atoms with Gasteiger partial charge >= 0.3 is 0 Å². The van der Waals surface area contributed by atoms with E-state index in [2.05, 4.69) is 6.92 Å². The van der Waals surface area contributed by atoms with Gasteiger partial charge in [0.15, 0.2) is 0 Å². The standard InChI is InChI=1S/C13H20N2O2S/c1-11-6-8-15(9-7-11)18(16,17)13-5-3-2-4-12(13)10-14/h2-5,11H,6-10,14H2,1H3. The van der Waals surface area contributed by atoms with Gasteiger partial charge < -0.3 is 5.73 Å². The Labute approximate surface area is 109 Å². The van der Waals surface area contributed by atoms with Crippen molar-refractivity contribution < 1.29 is 8.42 Å². The van der Waals surface area contributed by atoms with Crippen molar-refractivity contribution in [3.63, 3.8) is 0 Å². The van der Waals surface area contributed by atoms with Gasteiger partial charge in [-0.3, -0.25) is 0 Å². The Balaban J connectivity index is 2.30. The number of nitrogens with zero attached hydrogens (tertiary/aromatic N) is 1. The molecule has 0 aliphatic carbocycles. The van der Waals surface area contributed by atoms with Crippen molar-refractivity contribution in [1.82, 2.24) is 4.31 Å². The molecule has 0 radical (unpaired) electrons. The summed E-state index contributed by atoms with van der Waals surface area (Å²) >= 11 is 0. The minimum absolute atomic E-state index is 0.250. The van der Waals surface area contributed by atoms with Gasteiger partial charge in [-0.25, -0.2) is 8.42 Å². The normalized spacial score (nSPS) is 19.0. The molecule has 1 aliphatic heterocycles. The zero-order valence-corrected chi connectivity index (χ0v) is 11.5. The van der Waals surface area contributed by atoms with Gasteiger partial charge in [-0.15, -0.1) is 0 Å². The van der Waals surface area contributed by atoms with Crippen LogP contribution >= 0.6 is 0 Å². The van der Waals surface area contributed by atoms with Crippen molar-refractivity contribution in [2.75, 3.05) is 13.1 Å². The van der Waals surface area contributed by atoms with E-state index in [1.807, 2.05) is 6.07 Å². The summed E-state index contributed by atoms with van der Waals surface area (Å²) in [6.07, 6.45) is 1.87. The molecular formula is C13H20N2O2S. The van der Waals surface area contributed by atoms with E-state index in [1.54, 1.807) is 22.5 Å². The average Bonchev–Trinajstić information content (AvgIpc) is 2.39. The van der Waals surface area contributed by atoms with Gasteiger partial charge in [0, 0.05) is 19.6 Å². The predicted molar refractivity (Wildman–Crippen MR) is 71.5 cm³/mol. The Morgan fingerprint density at radius 3 is 2.50 bits per heavy atom. The summed E-state index contributed by atoms with van der Waals surface area (Å²) in [7, 11) is -3.37. The molecule has 0 saturated carbocycles. The lowest BCUT2D eigenvalue weighted by Crippen LogP contribution is -2.38. The summed E-state index contributed by atoms with van der Waals surface area (Å²) in [5.41, 5.74) is 6.31. The molecule has 1 saturated heterocycles. The minimum atomic E-state index is -3.37. The maximum Gasteiger partial charge on any atom is 0.243 e. The summed E-state index contributed by atoms with van der Waals surface area (Å²) in [5.74, 6) is 0.612. The lowest BCUT2D eigenvalue weighted by atomic mass is 10.0. The van der Waals surface area contributed by atoms with E-state index in [0.29, 0.717) is 29.5 Å². The molecule has 1 aliphatic rings. The molecule has 100 valence electrons. The average molecular weight is 268 g/mol. The monoisotopic (exact) mass is 268 g/mol. The molecule has 0 amide bonds. The highest BCUT2D eigenvalue weighted by Crippen LogP contribution is 2.25. The maximum atomic E-state index is 12.5. The van der Waals surface area contributed by atoms with Gasteiger partial charge in [-0.2, -0.15) is 4.31 Å². The SMILES string of the molecule is CC1CCN(S(=O)(=O)c2ccccc2CN)CC1. The van der Waals surface area contributed by atoms with Crippen LogP contribution in [0.15, 0.2) is 29.2 Å². The number of hydrogen-bond donors (Lipinski definition) is 1. The van der Waals surface area contributed by atoms with Crippen molar-refractivity contribution in [3.05, 3.63) is 29.8 Å². The van der Waals surface area contributed by atoms with E-state index in [0.717, 1.165) is 12.8 Å². The van der Waals surface area contributed by atoms with Crippen molar-refractivity contribution in [1.29, 1.82) is 0 Å². The number of hydrogen-bond acceptors (Lipinski definition) is 3. The third-order valence-electron chi connectivity index (χ3n) is 3.55. The molecule has 0 atom stereocenters. The largest absolute Gasteiger partial charge is 0.326 e. The molecule has 4 nitrogen and oxygen atoms in total. The Morgan fingerprint density at radius 1 is 1.28 bits per heavy atom. The molecule has 0 unspecified atom stereocenters. The maximum absolute atomic E-state index is 12.5. The molecule has 1 aromatic rings. The second kappa shape index (κ2) is 5.38. The smallest absolute Gasteiger partial charge is 0.243 e. The van der Waals surface area contributed by atoms with Crippen LogP contribution in [-0.2, 0) is 16.6 Å². The molecule has 1 heterocycles. The summed E-state index contributed by atoms with van der Waals surface area (Å²) in [6.45, 7) is 3.64. The number of piperidine rings is 1. The van der Waals surface area contributed by atoms with E-state index in [9.17, 15) is 8.42 Å². The zero-order valence-electron chi connectivity index (χ0n) is 10.7. The van der Waals surface area contributed by atoms with Gasteiger partial charge in [0.2, 0.25) is 10.0 Å². The first-order valence-corrected chi connectivity index (χ1v) is 7.78. The third kappa shape index (κ3) is 2.58. The topological polar surface area (TPSA) is 63.4 Å². The highest BCUT2D eigenvalue weighted by atomic mass is 32.2. The van der Waals surface area contributed by atoms with E-state index < -0.39 is 10.0 Å². The van der Waals surface area contributed by atoms with Crippen LogP contribution < -0.4 is 5.73 Å². The molecule has 0 spiro atoms. The molecule has 1 fully saturated rings. The van der Waals surface area contributed by atoms with Crippen LogP contribution in [0.4, 0.5) is 0 Å². The summed E-state index contributed by atoms with van der Waals surface area (Å²) < 4.78 is 26.7. The van der Waals surface area contributed by atoms with Gasteiger partial charge in [0.1, 0.15) is 0 Å². The first-order valence-electron chi connectivity index (χ1n) is 6.34. The van der Waals surface area contributed by atoms with Crippen LogP contribution in [0.3, 0.4) is 0 Å². The Bertz CT molecular complexity index is 505. The van der Waals surface area contributed by atoms with E-state index in [4.69, 9.17) is 5.73 Å². The fraction of sp³-hybridized carbons (Fsp3) is 0.538. The quantitative estimate of drug-likeness (QED) is 0.905. The summed E-state index contributed by atoms with van der Waals surface area (Å²) in [6, 6.07) is 6.99. The number of benzene rings is 1. The van der Waals surface area contributed by atoms with Crippen LogP contribution in [0.5, 0.6) is 0 Å². The first kappa shape index (κ1) is 13.5. The number of rotatable bonds is 3. The second-order valence-corrected chi connectivity index (χ2v) is 6.80. The highest BCUT2D eigenvalue weighted by molar-refractivity contribution is 7.89. The van der Waals surface area contributed by atoms with Crippen LogP contribution in [0.2, 0.25) is 0 Å². The van der Waals surface area contributed by atoms with Crippen molar-refractivity contribution in [2.24, 2.45) is 11.7 Å². The summed E-state index contributed by atoms with van der Waals surface area (Å²) in [5, 5.41) is 0. The van der Waals surface area contributed by atoms with E-state index in [1.165, 1.54) is 0 Å². The van der Waals surface area contributed by atoms with Crippen LogP contribution in [0, 0.1) is 5.92 Å². The minimum Gasteiger partial charge on any atom is -0.326 e. The fourth-order valence-electron chi connectivity index (χ4n) is 2.29. The Morgan fingerprint density at radius 2 is 1.89 bits per heavy atom.